The lowest BCUT2D eigenvalue weighted by atomic mass is 10.1. The van der Waals surface area contributed by atoms with Crippen molar-refractivity contribution in [2.24, 2.45) is 0 Å². The van der Waals surface area contributed by atoms with Gasteiger partial charge in [-0.2, -0.15) is 0 Å². The number of unbranched alkanes of at least 4 members (excludes halogenated alkanes) is 5. The quantitative estimate of drug-likeness (QED) is 0.350. The van der Waals surface area contributed by atoms with Crippen molar-refractivity contribution in [2.45, 2.75) is 44.9 Å². The average molecular weight is 201 g/mol. The van der Waals surface area contributed by atoms with Crippen LogP contribution in [0.25, 0.3) is 0 Å². The Bertz CT molecular complexity index is 159. The molecule has 4 nitrogen and oxygen atoms in total. The maximum absolute atomic E-state index is 10.9. The predicted molar refractivity (Wildman–Crippen MR) is 53.5 cm³/mol. The summed E-state index contributed by atoms with van der Waals surface area (Å²) < 4.78 is 0. The highest BCUT2D eigenvalue weighted by Gasteiger charge is 1.98. The largest absolute Gasteiger partial charge is 0.303 e. The van der Waals surface area contributed by atoms with Crippen LogP contribution < -0.4 is 5.48 Å². The maximum Gasteiger partial charge on any atom is 0.243 e. The van der Waals surface area contributed by atoms with Crippen molar-refractivity contribution in [2.75, 3.05) is 7.11 Å². The fourth-order valence-corrected chi connectivity index (χ4v) is 1.21. The van der Waals surface area contributed by atoms with Crippen LogP contribution in [-0.2, 0) is 14.4 Å². The van der Waals surface area contributed by atoms with E-state index in [4.69, 9.17) is 0 Å². The standard InChI is InChI=1S/C10H19NO3/c1-14-11-10(13)8-6-4-2-3-5-7-9-12/h9H,2-8H2,1H3,(H,11,13). The summed E-state index contributed by atoms with van der Waals surface area (Å²) >= 11 is 0. The molecule has 0 saturated carbocycles. The van der Waals surface area contributed by atoms with Crippen molar-refractivity contribution < 1.29 is 14.4 Å². The number of rotatable bonds is 9. The van der Waals surface area contributed by atoms with Gasteiger partial charge in [-0.25, -0.2) is 5.48 Å². The predicted octanol–water partition coefficient (Wildman–Crippen LogP) is 1.59. The van der Waals surface area contributed by atoms with E-state index in [1.807, 2.05) is 0 Å². The van der Waals surface area contributed by atoms with Gasteiger partial charge in [-0.05, 0) is 12.8 Å². The van der Waals surface area contributed by atoms with Gasteiger partial charge in [0.25, 0.3) is 0 Å². The number of hydroxylamine groups is 1. The van der Waals surface area contributed by atoms with Crippen LogP contribution in [0.5, 0.6) is 0 Å². The SMILES string of the molecule is CONC(=O)CCCCCCCC=O. The molecular weight excluding hydrogens is 182 g/mol. The van der Waals surface area contributed by atoms with Gasteiger partial charge >= 0.3 is 0 Å². The molecule has 0 atom stereocenters. The second kappa shape index (κ2) is 10.2. The highest BCUT2D eigenvalue weighted by molar-refractivity contribution is 5.74. The molecule has 0 aliphatic rings. The molecule has 0 aliphatic heterocycles. The molecular formula is C10H19NO3. The number of hydrogen-bond donors (Lipinski definition) is 1. The van der Waals surface area contributed by atoms with Gasteiger partial charge in [0.05, 0.1) is 7.11 Å². The summed E-state index contributed by atoms with van der Waals surface area (Å²) in [5.74, 6) is -0.0691. The van der Waals surface area contributed by atoms with Crippen LogP contribution in [0.3, 0.4) is 0 Å². The van der Waals surface area contributed by atoms with Crippen LogP contribution in [0.15, 0.2) is 0 Å². The molecule has 0 heterocycles. The Morgan fingerprint density at radius 2 is 1.86 bits per heavy atom. The van der Waals surface area contributed by atoms with E-state index >= 15 is 0 Å². The summed E-state index contributed by atoms with van der Waals surface area (Å²) in [6.45, 7) is 0. The normalized spacial score (nSPS) is 9.79. The van der Waals surface area contributed by atoms with Crippen LogP contribution in [-0.4, -0.2) is 19.3 Å². The third-order valence-electron chi connectivity index (χ3n) is 1.94. The van der Waals surface area contributed by atoms with Crippen molar-refractivity contribution in [3.8, 4) is 0 Å². The Kier molecular flexibility index (Phi) is 9.53. The van der Waals surface area contributed by atoms with E-state index in [1.165, 1.54) is 7.11 Å². The molecule has 14 heavy (non-hydrogen) atoms. The molecule has 0 aromatic rings. The zero-order chi connectivity index (χ0) is 10.6. The van der Waals surface area contributed by atoms with E-state index in [0.29, 0.717) is 12.8 Å². The monoisotopic (exact) mass is 201 g/mol. The van der Waals surface area contributed by atoms with Crippen molar-refractivity contribution in [1.29, 1.82) is 0 Å². The second-order valence-corrected chi connectivity index (χ2v) is 3.20. The van der Waals surface area contributed by atoms with Crippen molar-refractivity contribution >= 4 is 12.2 Å². The van der Waals surface area contributed by atoms with Gasteiger partial charge < -0.3 is 4.79 Å². The summed E-state index contributed by atoms with van der Waals surface area (Å²) in [4.78, 5) is 25.4. The summed E-state index contributed by atoms with van der Waals surface area (Å²) in [6, 6.07) is 0. The number of nitrogens with one attached hydrogen (secondary N) is 1. The van der Waals surface area contributed by atoms with Crippen LogP contribution in [0.1, 0.15) is 44.9 Å². The fourth-order valence-electron chi connectivity index (χ4n) is 1.21. The van der Waals surface area contributed by atoms with Crippen LogP contribution >= 0.6 is 0 Å². The second-order valence-electron chi connectivity index (χ2n) is 3.20. The molecule has 0 saturated heterocycles. The van der Waals surface area contributed by atoms with E-state index in [0.717, 1.165) is 38.4 Å². The number of amides is 1. The molecule has 0 unspecified atom stereocenters. The van der Waals surface area contributed by atoms with Gasteiger partial charge in [0.15, 0.2) is 0 Å². The van der Waals surface area contributed by atoms with Gasteiger partial charge in [-0.1, -0.05) is 19.3 Å². The fraction of sp³-hybridized carbons (Fsp3) is 0.800. The molecule has 0 radical (unpaired) electrons. The Morgan fingerprint density at radius 1 is 1.21 bits per heavy atom. The smallest absolute Gasteiger partial charge is 0.243 e. The van der Waals surface area contributed by atoms with Gasteiger partial charge in [0, 0.05) is 12.8 Å². The maximum atomic E-state index is 10.9. The first-order valence-corrected chi connectivity index (χ1v) is 5.06. The molecule has 1 amide bonds. The molecule has 0 rings (SSSR count). The molecule has 0 aromatic heterocycles. The molecule has 0 bridgehead atoms. The minimum Gasteiger partial charge on any atom is -0.303 e. The first kappa shape index (κ1) is 13.1. The zero-order valence-corrected chi connectivity index (χ0v) is 8.75. The molecule has 0 aliphatic carbocycles. The molecule has 0 spiro atoms. The summed E-state index contributed by atoms with van der Waals surface area (Å²) in [5, 5.41) is 0. The summed E-state index contributed by atoms with van der Waals surface area (Å²) in [5.41, 5.74) is 2.27. The summed E-state index contributed by atoms with van der Waals surface area (Å²) in [6.07, 6.45) is 7.18. The third kappa shape index (κ3) is 9.19. The highest BCUT2D eigenvalue weighted by atomic mass is 16.6. The molecule has 1 N–H and O–H groups in total. The van der Waals surface area contributed by atoms with Gasteiger partial charge in [-0.15, -0.1) is 0 Å². The van der Waals surface area contributed by atoms with Crippen molar-refractivity contribution in [1.82, 2.24) is 5.48 Å². The Labute approximate surface area is 85.0 Å². The van der Waals surface area contributed by atoms with Crippen LogP contribution in [0, 0.1) is 0 Å². The minimum absolute atomic E-state index is 0.0691. The minimum atomic E-state index is -0.0691. The highest BCUT2D eigenvalue weighted by Crippen LogP contribution is 2.06. The molecule has 82 valence electrons. The van der Waals surface area contributed by atoms with Gasteiger partial charge in [0.2, 0.25) is 5.91 Å². The molecule has 0 fully saturated rings. The third-order valence-corrected chi connectivity index (χ3v) is 1.94. The van der Waals surface area contributed by atoms with E-state index < -0.39 is 0 Å². The van der Waals surface area contributed by atoms with E-state index in [-0.39, 0.29) is 5.91 Å². The average Bonchev–Trinajstić information content (AvgIpc) is 2.17. The lowest BCUT2D eigenvalue weighted by Crippen LogP contribution is -2.21. The molecule has 4 heteroatoms. The van der Waals surface area contributed by atoms with Crippen molar-refractivity contribution in [3.05, 3.63) is 0 Å². The number of aldehydes is 1. The Morgan fingerprint density at radius 3 is 2.50 bits per heavy atom. The summed E-state index contributed by atoms with van der Waals surface area (Å²) in [7, 11) is 1.43. The first-order valence-electron chi connectivity index (χ1n) is 5.06. The number of carbonyl (C=O) groups is 2. The van der Waals surface area contributed by atoms with Crippen LogP contribution in [0.2, 0.25) is 0 Å². The van der Waals surface area contributed by atoms with E-state index in [9.17, 15) is 9.59 Å². The topological polar surface area (TPSA) is 55.4 Å². The molecule has 0 aromatic carbocycles. The first-order chi connectivity index (χ1) is 6.81. The number of hydrogen-bond acceptors (Lipinski definition) is 3. The number of carbonyl (C=O) groups excluding carboxylic acids is 2. The lowest BCUT2D eigenvalue weighted by molar-refractivity contribution is -0.131. The van der Waals surface area contributed by atoms with Gasteiger partial charge in [-0.3, -0.25) is 9.63 Å². The van der Waals surface area contributed by atoms with Crippen molar-refractivity contribution in [3.63, 3.8) is 0 Å². The Hall–Kier alpha value is -0.900. The van der Waals surface area contributed by atoms with Gasteiger partial charge in [0.1, 0.15) is 6.29 Å². The van der Waals surface area contributed by atoms with Crippen LogP contribution in [0.4, 0.5) is 0 Å². The lowest BCUT2D eigenvalue weighted by Gasteiger charge is -2.01. The zero-order valence-electron chi connectivity index (χ0n) is 8.75. The Balaban J connectivity index is 3.05. The van der Waals surface area contributed by atoms with E-state index in [2.05, 4.69) is 10.3 Å². The van der Waals surface area contributed by atoms with E-state index in [1.54, 1.807) is 0 Å².